The van der Waals surface area contributed by atoms with Crippen LogP contribution < -0.4 is 5.73 Å². The van der Waals surface area contributed by atoms with Gasteiger partial charge in [-0.25, -0.2) is 0 Å². The van der Waals surface area contributed by atoms with Crippen molar-refractivity contribution in [2.75, 3.05) is 5.73 Å². The first-order valence-corrected chi connectivity index (χ1v) is 6.35. The maximum Gasteiger partial charge on any atom is 0.416 e. The van der Waals surface area contributed by atoms with Crippen LogP contribution >= 0.6 is 11.6 Å². The summed E-state index contributed by atoms with van der Waals surface area (Å²) in [4.78, 5) is 12.4. The first-order chi connectivity index (χ1) is 9.70. The Morgan fingerprint density at radius 1 is 1.10 bits per heavy atom. The van der Waals surface area contributed by atoms with Crippen molar-refractivity contribution in [3.63, 3.8) is 0 Å². The number of benzene rings is 2. The molecule has 110 valence electrons. The molecular weight excluding hydrogens is 303 g/mol. The maximum absolute atomic E-state index is 12.6. The van der Waals surface area contributed by atoms with Crippen molar-refractivity contribution in [2.24, 2.45) is 0 Å². The molecular formula is C15H11ClF3NO. The molecule has 0 fully saturated rings. The first-order valence-electron chi connectivity index (χ1n) is 5.97. The van der Waals surface area contributed by atoms with E-state index in [1.54, 1.807) is 0 Å². The van der Waals surface area contributed by atoms with Gasteiger partial charge in [-0.05, 0) is 42.8 Å². The SMILES string of the molecule is Cc1cc(C(F)(F)F)ccc1C(=O)c1ccc(Cl)cc1N. The minimum absolute atomic E-state index is 0.178. The summed E-state index contributed by atoms with van der Waals surface area (Å²) in [6.07, 6.45) is -4.44. The van der Waals surface area contributed by atoms with Gasteiger partial charge in [0.25, 0.3) is 0 Å². The number of nitrogen functional groups attached to an aromatic ring is 1. The third kappa shape index (κ3) is 3.19. The van der Waals surface area contributed by atoms with Crippen molar-refractivity contribution in [1.29, 1.82) is 0 Å². The number of alkyl halides is 3. The predicted octanol–water partition coefficient (Wildman–Crippen LogP) is 4.48. The highest BCUT2D eigenvalue weighted by molar-refractivity contribution is 6.31. The smallest absolute Gasteiger partial charge is 0.398 e. The second kappa shape index (κ2) is 5.41. The molecule has 0 radical (unpaired) electrons. The zero-order valence-corrected chi connectivity index (χ0v) is 11.7. The van der Waals surface area contributed by atoms with E-state index in [0.29, 0.717) is 5.02 Å². The number of hydrogen-bond acceptors (Lipinski definition) is 2. The highest BCUT2D eigenvalue weighted by Crippen LogP contribution is 2.31. The van der Waals surface area contributed by atoms with E-state index in [-0.39, 0.29) is 22.4 Å². The molecule has 2 rings (SSSR count). The summed E-state index contributed by atoms with van der Waals surface area (Å²) in [5.41, 5.74) is 5.75. The van der Waals surface area contributed by atoms with Crippen LogP contribution in [-0.4, -0.2) is 5.78 Å². The molecule has 0 spiro atoms. The number of carbonyl (C=O) groups is 1. The van der Waals surface area contributed by atoms with Gasteiger partial charge < -0.3 is 5.73 Å². The summed E-state index contributed by atoms with van der Waals surface area (Å²) in [5, 5.41) is 0.383. The fraction of sp³-hybridized carbons (Fsp3) is 0.133. The summed E-state index contributed by atoms with van der Waals surface area (Å²) < 4.78 is 37.8. The lowest BCUT2D eigenvalue weighted by atomic mass is 9.96. The molecule has 0 bridgehead atoms. The van der Waals surface area contributed by atoms with Gasteiger partial charge in [0.2, 0.25) is 0 Å². The molecule has 0 unspecified atom stereocenters. The van der Waals surface area contributed by atoms with Crippen molar-refractivity contribution in [3.05, 3.63) is 63.7 Å². The Kier molecular flexibility index (Phi) is 3.96. The second-order valence-corrected chi connectivity index (χ2v) is 5.02. The fourth-order valence-corrected chi connectivity index (χ4v) is 2.16. The van der Waals surface area contributed by atoms with Crippen LogP contribution in [0.4, 0.5) is 18.9 Å². The normalized spacial score (nSPS) is 11.5. The first kappa shape index (κ1) is 15.4. The Hall–Kier alpha value is -2.01. The van der Waals surface area contributed by atoms with Gasteiger partial charge >= 0.3 is 6.18 Å². The average Bonchev–Trinajstić information content (AvgIpc) is 2.36. The summed E-state index contributed by atoms with van der Waals surface area (Å²) in [7, 11) is 0. The minimum atomic E-state index is -4.44. The van der Waals surface area contributed by atoms with E-state index in [0.717, 1.165) is 18.2 Å². The molecule has 0 atom stereocenters. The van der Waals surface area contributed by atoms with E-state index in [1.807, 2.05) is 0 Å². The van der Waals surface area contributed by atoms with Gasteiger partial charge in [0, 0.05) is 21.8 Å². The molecule has 0 amide bonds. The Bertz CT molecular complexity index is 711. The quantitative estimate of drug-likeness (QED) is 0.656. The number of aryl methyl sites for hydroxylation is 1. The molecule has 0 aliphatic heterocycles. The summed E-state index contributed by atoms with van der Waals surface area (Å²) in [6, 6.07) is 7.37. The average molecular weight is 314 g/mol. The number of halogens is 4. The monoisotopic (exact) mass is 313 g/mol. The van der Waals surface area contributed by atoms with E-state index in [2.05, 4.69) is 0 Å². The van der Waals surface area contributed by atoms with Crippen LogP contribution in [0.1, 0.15) is 27.0 Å². The molecule has 21 heavy (non-hydrogen) atoms. The molecule has 0 saturated heterocycles. The number of hydrogen-bond donors (Lipinski definition) is 1. The lowest BCUT2D eigenvalue weighted by Crippen LogP contribution is -2.10. The number of anilines is 1. The Labute approximate surface area is 124 Å². The number of carbonyl (C=O) groups excluding carboxylic acids is 1. The van der Waals surface area contributed by atoms with Crippen LogP contribution in [0.3, 0.4) is 0 Å². The lowest BCUT2D eigenvalue weighted by molar-refractivity contribution is -0.137. The second-order valence-electron chi connectivity index (χ2n) is 4.59. The molecule has 6 heteroatoms. The molecule has 2 N–H and O–H groups in total. The Balaban J connectivity index is 2.45. The van der Waals surface area contributed by atoms with Crippen LogP contribution in [0.5, 0.6) is 0 Å². The third-order valence-electron chi connectivity index (χ3n) is 3.06. The minimum Gasteiger partial charge on any atom is -0.398 e. The van der Waals surface area contributed by atoms with Crippen molar-refractivity contribution < 1.29 is 18.0 Å². The van der Waals surface area contributed by atoms with E-state index in [1.165, 1.54) is 25.1 Å². The van der Waals surface area contributed by atoms with Crippen LogP contribution in [0.25, 0.3) is 0 Å². The van der Waals surface area contributed by atoms with Gasteiger partial charge in [-0.15, -0.1) is 0 Å². The zero-order chi connectivity index (χ0) is 15.8. The van der Waals surface area contributed by atoms with E-state index >= 15 is 0 Å². The van der Waals surface area contributed by atoms with E-state index in [4.69, 9.17) is 17.3 Å². The number of ketones is 1. The van der Waals surface area contributed by atoms with Gasteiger partial charge in [0.1, 0.15) is 0 Å². The van der Waals surface area contributed by atoms with Gasteiger partial charge in [0.05, 0.1) is 5.56 Å². The summed E-state index contributed by atoms with van der Waals surface area (Å²) in [5.74, 6) is -0.435. The number of nitrogens with two attached hydrogens (primary N) is 1. The Morgan fingerprint density at radius 3 is 2.24 bits per heavy atom. The number of rotatable bonds is 2. The highest BCUT2D eigenvalue weighted by Gasteiger charge is 2.31. The fourth-order valence-electron chi connectivity index (χ4n) is 1.98. The molecule has 2 aromatic carbocycles. The van der Waals surface area contributed by atoms with Crippen LogP contribution in [0.15, 0.2) is 36.4 Å². The van der Waals surface area contributed by atoms with Gasteiger partial charge in [-0.2, -0.15) is 13.2 Å². The van der Waals surface area contributed by atoms with E-state index in [9.17, 15) is 18.0 Å². The van der Waals surface area contributed by atoms with E-state index < -0.39 is 17.5 Å². The maximum atomic E-state index is 12.6. The van der Waals surface area contributed by atoms with Crippen LogP contribution in [0, 0.1) is 6.92 Å². The lowest BCUT2D eigenvalue weighted by Gasteiger charge is -2.11. The van der Waals surface area contributed by atoms with Crippen LogP contribution in [0.2, 0.25) is 5.02 Å². The van der Waals surface area contributed by atoms with Crippen molar-refractivity contribution in [3.8, 4) is 0 Å². The van der Waals surface area contributed by atoms with Crippen molar-refractivity contribution >= 4 is 23.1 Å². The van der Waals surface area contributed by atoms with Crippen molar-refractivity contribution in [2.45, 2.75) is 13.1 Å². The molecule has 0 aromatic heterocycles. The largest absolute Gasteiger partial charge is 0.416 e. The zero-order valence-electron chi connectivity index (χ0n) is 11.0. The van der Waals surface area contributed by atoms with Gasteiger partial charge in [0.15, 0.2) is 5.78 Å². The molecule has 0 aliphatic rings. The molecule has 0 saturated carbocycles. The predicted molar refractivity (Wildman–Crippen MR) is 75.5 cm³/mol. The van der Waals surface area contributed by atoms with Gasteiger partial charge in [-0.1, -0.05) is 17.7 Å². The molecule has 2 nitrogen and oxygen atoms in total. The highest BCUT2D eigenvalue weighted by atomic mass is 35.5. The van der Waals surface area contributed by atoms with Crippen LogP contribution in [-0.2, 0) is 6.18 Å². The molecule has 0 heterocycles. The molecule has 2 aromatic rings. The topological polar surface area (TPSA) is 43.1 Å². The summed E-state index contributed by atoms with van der Waals surface area (Å²) >= 11 is 5.75. The summed E-state index contributed by atoms with van der Waals surface area (Å²) in [6.45, 7) is 1.45. The third-order valence-corrected chi connectivity index (χ3v) is 3.29. The molecule has 0 aliphatic carbocycles. The van der Waals surface area contributed by atoms with Gasteiger partial charge in [-0.3, -0.25) is 4.79 Å². The Morgan fingerprint density at radius 2 is 1.71 bits per heavy atom. The standard InChI is InChI=1S/C15H11ClF3NO/c1-8-6-9(15(17,18)19)2-4-11(8)14(21)12-5-3-10(16)7-13(12)20/h2-7H,20H2,1H3. The van der Waals surface area contributed by atoms with Crippen molar-refractivity contribution in [1.82, 2.24) is 0 Å².